The fourth-order valence-electron chi connectivity index (χ4n) is 2.53. The molecule has 1 aliphatic heterocycles. The van der Waals surface area contributed by atoms with Crippen molar-refractivity contribution in [2.45, 2.75) is 0 Å². The van der Waals surface area contributed by atoms with Crippen molar-refractivity contribution in [3.63, 3.8) is 0 Å². The lowest BCUT2D eigenvalue weighted by molar-refractivity contribution is -0.117. The summed E-state index contributed by atoms with van der Waals surface area (Å²) in [5.41, 5.74) is 0. The van der Waals surface area contributed by atoms with Gasteiger partial charge in [0, 0.05) is 32.2 Å². The summed E-state index contributed by atoms with van der Waals surface area (Å²) in [5, 5.41) is 6.22. The highest BCUT2D eigenvalue weighted by Crippen LogP contribution is 2.08. The second kappa shape index (κ2) is 8.45. The molecule has 0 spiro atoms. The highest BCUT2D eigenvalue weighted by Gasteiger charge is 2.22. The Morgan fingerprint density at radius 2 is 2.08 bits per heavy atom. The Bertz CT molecular complexity index is 665. The molecule has 0 aliphatic carbocycles. The van der Waals surface area contributed by atoms with Crippen LogP contribution in [0.25, 0.3) is 0 Å². The number of rotatable bonds is 7. The molecular weight excluding hydrogens is 328 g/mol. The number of amides is 2. The number of nitrogens with one attached hydrogen (secondary N) is 1. The molecule has 25 heavy (non-hydrogen) atoms. The van der Waals surface area contributed by atoms with Crippen LogP contribution in [0.15, 0.2) is 39.7 Å². The SMILES string of the molecule is O=C(CN(CCN1CCOCC1)C(=O)c1ccco1)Nc1ccon1. The van der Waals surface area contributed by atoms with Gasteiger partial charge >= 0.3 is 0 Å². The van der Waals surface area contributed by atoms with Crippen LogP contribution in [0.4, 0.5) is 5.82 Å². The second-order valence-corrected chi connectivity index (χ2v) is 5.59. The van der Waals surface area contributed by atoms with Crippen LogP contribution in [-0.2, 0) is 9.53 Å². The second-order valence-electron chi connectivity index (χ2n) is 5.59. The molecule has 2 aromatic heterocycles. The van der Waals surface area contributed by atoms with Crippen molar-refractivity contribution in [1.29, 1.82) is 0 Å². The molecule has 134 valence electrons. The predicted molar refractivity (Wildman–Crippen MR) is 87.0 cm³/mol. The fourth-order valence-corrected chi connectivity index (χ4v) is 2.53. The van der Waals surface area contributed by atoms with E-state index in [0.717, 1.165) is 13.1 Å². The summed E-state index contributed by atoms with van der Waals surface area (Å²) in [7, 11) is 0. The average Bonchev–Trinajstić information content (AvgIpc) is 3.32. The van der Waals surface area contributed by atoms with Gasteiger partial charge in [0.1, 0.15) is 12.8 Å². The third-order valence-corrected chi connectivity index (χ3v) is 3.85. The van der Waals surface area contributed by atoms with Crippen molar-refractivity contribution >= 4 is 17.6 Å². The summed E-state index contributed by atoms with van der Waals surface area (Å²) in [6.45, 7) is 3.95. The van der Waals surface area contributed by atoms with Crippen molar-refractivity contribution in [2.24, 2.45) is 0 Å². The van der Waals surface area contributed by atoms with Crippen LogP contribution in [0.5, 0.6) is 0 Å². The third-order valence-electron chi connectivity index (χ3n) is 3.85. The van der Waals surface area contributed by atoms with E-state index in [1.54, 1.807) is 12.1 Å². The highest BCUT2D eigenvalue weighted by atomic mass is 16.5. The van der Waals surface area contributed by atoms with Crippen LogP contribution in [-0.4, -0.2) is 72.7 Å². The number of hydrogen-bond donors (Lipinski definition) is 1. The van der Waals surface area contributed by atoms with Crippen LogP contribution >= 0.6 is 0 Å². The van der Waals surface area contributed by atoms with E-state index >= 15 is 0 Å². The fraction of sp³-hybridized carbons (Fsp3) is 0.438. The van der Waals surface area contributed by atoms with Gasteiger partial charge in [0.05, 0.1) is 19.5 Å². The topological polar surface area (TPSA) is 101 Å². The minimum atomic E-state index is -0.351. The van der Waals surface area contributed by atoms with E-state index in [0.29, 0.717) is 32.1 Å². The van der Waals surface area contributed by atoms with Crippen molar-refractivity contribution in [3.8, 4) is 0 Å². The molecular formula is C16H20N4O5. The zero-order valence-electron chi connectivity index (χ0n) is 13.7. The first-order valence-electron chi connectivity index (χ1n) is 8.05. The number of anilines is 1. The van der Waals surface area contributed by atoms with Crippen LogP contribution in [0.2, 0.25) is 0 Å². The minimum Gasteiger partial charge on any atom is -0.459 e. The van der Waals surface area contributed by atoms with Gasteiger partial charge in [-0.3, -0.25) is 14.5 Å². The molecule has 2 aromatic rings. The van der Waals surface area contributed by atoms with Crippen molar-refractivity contribution in [1.82, 2.24) is 15.0 Å². The van der Waals surface area contributed by atoms with Crippen LogP contribution in [0, 0.1) is 0 Å². The van der Waals surface area contributed by atoms with Crippen LogP contribution in [0.1, 0.15) is 10.6 Å². The number of nitrogens with zero attached hydrogens (tertiary/aromatic N) is 3. The van der Waals surface area contributed by atoms with Gasteiger partial charge < -0.3 is 23.9 Å². The lowest BCUT2D eigenvalue weighted by Crippen LogP contribution is -2.45. The summed E-state index contributed by atoms with van der Waals surface area (Å²) in [6, 6.07) is 4.76. The van der Waals surface area contributed by atoms with Gasteiger partial charge in [0.25, 0.3) is 5.91 Å². The third kappa shape index (κ3) is 4.91. The lowest BCUT2D eigenvalue weighted by atomic mass is 10.3. The molecule has 9 nitrogen and oxygen atoms in total. The van der Waals surface area contributed by atoms with Crippen molar-refractivity contribution < 1.29 is 23.3 Å². The molecule has 0 radical (unpaired) electrons. The quantitative estimate of drug-likeness (QED) is 0.785. The van der Waals surface area contributed by atoms with Gasteiger partial charge in [0.2, 0.25) is 5.91 Å². The smallest absolute Gasteiger partial charge is 0.290 e. The number of ether oxygens (including phenoxy) is 1. The zero-order chi connectivity index (χ0) is 17.5. The molecule has 1 fully saturated rings. The maximum absolute atomic E-state index is 12.6. The Hall–Kier alpha value is -2.65. The molecule has 0 bridgehead atoms. The van der Waals surface area contributed by atoms with Gasteiger partial charge in [-0.05, 0) is 12.1 Å². The molecule has 9 heteroatoms. The van der Waals surface area contributed by atoms with E-state index in [9.17, 15) is 9.59 Å². The monoisotopic (exact) mass is 348 g/mol. The summed E-state index contributed by atoms with van der Waals surface area (Å²) >= 11 is 0. The Labute approximate surface area is 144 Å². The molecule has 1 aliphatic rings. The zero-order valence-corrected chi connectivity index (χ0v) is 13.7. The maximum atomic E-state index is 12.6. The molecule has 1 saturated heterocycles. The maximum Gasteiger partial charge on any atom is 0.290 e. The first-order valence-corrected chi connectivity index (χ1v) is 8.05. The molecule has 0 unspecified atom stereocenters. The predicted octanol–water partition coefficient (Wildman–Crippen LogP) is 0.681. The highest BCUT2D eigenvalue weighted by molar-refractivity contribution is 5.97. The number of carbonyl (C=O) groups excluding carboxylic acids is 2. The number of aromatic nitrogens is 1. The van der Waals surface area contributed by atoms with Crippen LogP contribution < -0.4 is 5.32 Å². The van der Waals surface area contributed by atoms with Gasteiger partial charge in [-0.15, -0.1) is 0 Å². The minimum absolute atomic E-state index is 0.100. The van der Waals surface area contributed by atoms with E-state index in [1.165, 1.54) is 23.5 Å². The number of hydrogen-bond acceptors (Lipinski definition) is 7. The Morgan fingerprint density at radius 3 is 2.76 bits per heavy atom. The normalized spacial score (nSPS) is 15.0. The summed E-state index contributed by atoms with van der Waals surface area (Å²) < 4.78 is 15.2. The van der Waals surface area contributed by atoms with E-state index in [1.807, 2.05) is 0 Å². The van der Waals surface area contributed by atoms with Gasteiger partial charge in [-0.1, -0.05) is 5.16 Å². The number of furan rings is 1. The molecule has 0 atom stereocenters. The molecule has 1 N–H and O–H groups in total. The Morgan fingerprint density at radius 1 is 1.24 bits per heavy atom. The lowest BCUT2D eigenvalue weighted by Gasteiger charge is -2.29. The molecule has 3 heterocycles. The number of carbonyl (C=O) groups is 2. The van der Waals surface area contributed by atoms with E-state index < -0.39 is 0 Å². The van der Waals surface area contributed by atoms with Crippen molar-refractivity contribution in [3.05, 3.63) is 36.5 Å². The molecule has 2 amide bonds. The van der Waals surface area contributed by atoms with Crippen LogP contribution in [0.3, 0.4) is 0 Å². The Kier molecular flexibility index (Phi) is 5.81. The largest absolute Gasteiger partial charge is 0.459 e. The summed E-state index contributed by atoms with van der Waals surface area (Å²) in [6.07, 6.45) is 2.79. The summed E-state index contributed by atoms with van der Waals surface area (Å²) in [4.78, 5) is 28.4. The van der Waals surface area contributed by atoms with Crippen molar-refractivity contribution in [2.75, 3.05) is 51.3 Å². The first kappa shape index (κ1) is 17.2. The number of morpholine rings is 1. The van der Waals surface area contributed by atoms with Gasteiger partial charge in [-0.2, -0.15) is 0 Å². The molecule has 3 rings (SSSR count). The van der Waals surface area contributed by atoms with Gasteiger partial charge in [0.15, 0.2) is 11.6 Å². The molecule has 0 aromatic carbocycles. The van der Waals surface area contributed by atoms with E-state index in [-0.39, 0.29) is 24.1 Å². The van der Waals surface area contributed by atoms with Gasteiger partial charge in [-0.25, -0.2) is 0 Å². The van der Waals surface area contributed by atoms with E-state index in [2.05, 4.69) is 19.9 Å². The molecule has 0 saturated carbocycles. The summed E-state index contributed by atoms with van der Waals surface area (Å²) in [5.74, 6) is -0.163. The Balaban J connectivity index is 1.60. The average molecular weight is 348 g/mol. The van der Waals surface area contributed by atoms with E-state index in [4.69, 9.17) is 9.15 Å². The first-order chi connectivity index (χ1) is 12.2. The standard InChI is InChI=1S/C16H20N4O5/c21-15(17-14-3-9-25-18-14)12-20(16(22)13-2-1-8-24-13)5-4-19-6-10-23-11-7-19/h1-3,8-9H,4-7,10-12H2,(H,17,18,21).